The number of hydrogen-bond donors (Lipinski definition) is 0. The number of ether oxygens (including phenoxy) is 1. The first-order valence-electron chi connectivity index (χ1n) is 4.48. The molecule has 0 aromatic heterocycles. The summed E-state index contributed by atoms with van der Waals surface area (Å²) in [4.78, 5) is 11.1. The van der Waals surface area contributed by atoms with Gasteiger partial charge in [-0.1, -0.05) is 13.3 Å². The molecule has 0 aliphatic carbocycles. The molecule has 1 aliphatic heterocycles. The number of cyclic esters (lactones) is 1. The first-order chi connectivity index (χ1) is 6.20. The first-order valence-corrected chi connectivity index (χ1v) is 5.27. The Morgan fingerprint density at radius 1 is 1.54 bits per heavy atom. The van der Waals surface area contributed by atoms with Crippen LogP contribution in [0.5, 0.6) is 0 Å². The standard InChI is InChI=1S/C10H13BrO2/c1-3-5-6-7-8(4-2)13-10(12)9(7)11/h4H,3,5-6H2,1-2H3/b8-4-. The Hall–Kier alpha value is -0.570. The molecule has 0 amide bonds. The Morgan fingerprint density at radius 3 is 2.77 bits per heavy atom. The minimum Gasteiger partial charge on any atom is -0.423 e. The summed E-state index contributed by atoms with van der Waals surface area (Å²) >= 11 is 3.25. The van der Waals surface area contributed by atoms with E-state index in [9.17, 15) is 4.79 Å². The van der Waals surface area contributed by atoms with Crippen molar-refractivity contribution in [1.29, 1.82) is 0 Å². The SMILES string of the molecule is C/C=C1\OC(=O)C(Br)=C1CCCC. The van der Waals surface area contributed by atoms with E-state index in [2.05, 4.69) is 22.9 Å². The van der Waals surface area contributed by atoms with Crippen LogP contribution in [-0.2, 0) is 9.53 Å². The van der Waals surface area contributed by atoms with Crippen LogP contribution in [0.15, 0.2) is 21.9 Å². The molecule has 0 fully saturated rings. The summed E-state index contributed by atoms with van der Waals surface area (Å²) in [6.07, 6.45) is 4.94. The molecule has 0 bridgehead atoms. The van der Waals surface area contributed by atoms with Crippen molar-refractivity contribution in [2.24, 2.45) is 0 Å². The summed E-state index contributed by atoms with van der Waals surface area (Å²) in [5, 5.41) is 0. The van der Waals surface area contributed by atoms with Gasteiger partial charge in [-0.05, 0) is 41.8 Å². The van der Waals surface area contributed by atoms with Gasteiger partial charge in [-0.15, -0.1) is 0 Å². The van der Waals surface area contributed by atoms with Crippen molar-refractivity contribution >= 4 is 21.9 Å². The molecule has 0 aromatic carbocycles. The number of carbonyl (C=O) groups excluding carboxylic acids is 1. The molecule has 0 saturated heterocycles. The van der Waals surface area contributed by atoms with Gasteiger partial charge in [0.05, 0.1) is 0 Å². The number of halogens is 1. The van der Waals surface area contributed by atoms with Crippen molar-refractivity contribution in [2.75, 3.05) is 0 Å². The van der Waals surface area contributed by atoms with Crippen LogP contribution in [0, 0.1) is 0 Å². The van der Waals surface area contributed by atoms with Crippen molar-refractivity contribution < 1.29 is 9.53 Å². The summed E-state index contributed by atoms with van der Waals surface area (Å²) < 4.78 is 5.63. The van der Waals surface area contributed by atoms with Gasteiger partial charge in [0.15, 0.2) is 0 Å². The zero-order chi connectivity index (χ0) is 9.84. The van der Waals surface area contributed by atoms with Gasteiger partial charge in [-0.2, -0.15) is 0 Å². The number of allylic oxidation sites excluding steroid dienone is 2. The molecule has 0 atom stereocenters. The predicted molar refractivity (Wildman–Crippen MR) is 55.3 cm³/mol. The van der Waals surface area contributed by atoms with E-state index in [4.69, 9.17) is 4.74 Å². The minimum atomic E-state index is -0.265. The van der Waals surface area contributed by atoms with E-state index >= 15 is 0 Å². The Bertz CT molecular complexity index is 277. The quantitative estimate of drug-likeness (QED) is 0.713. The second-order valence-corrected chi connectivity index (χ2v) is 3.73. The van der Waals surface area contributed by atoms with Gasteiger partial charge in [-0.25, -0.2) is 4.79 Å². The van der Waals surface area contributed by atoms with E-state index in [0.717, 1.165) is 24.8 Å². The maximum absolute atomic E-state index is 11.1. The van der Waals surface area contributed by atoms with Crippen molar-refractivity contribution in [3.63, 3.8) is 0 Å². The van der Waals surface area contributed by atoms with Crippen LogP contribution in [0.3, 0.4) is 0 Å². The van der Waals surface area contributed by atoms with Gasteiger partial charge in [0.1, 0.15) is 10.2 Å². The molecule has 0 unspecified atom stereocenters. The third kappa shape index (κ3) is 2.21. The summed E-state index contributed by atoms with van der Waals surface area (Å²) in [5.74, 6) is 0.449. The fraction of sp³-hybridized carbons (Fsp3) is 0.500. The normalized spacial score (nSPS) is 19.9. The molecule has 2 nitrogen and oxygen atoms in total. The van der Waals surface area contributed by atoms with Crippen LogP contribution in [0.4, 0.5) is 0 Å². The van der Waals surface area contributed by atoms with Crippen LogP contribution in [0.1, 0.15) is 33.1 Å². The van der Waals surface area contributed by atoms with Crippen molar-refractivity contribution in [3.8, 4) is 0 Å². The van der Waals surface area contributed by atoms with Crippen LogP contribution in [0.25, 0.3) is 0 Å². The fourth-order valence-electron chi connectivity index (χ4n) is 1.26. The monoisotopic (exact) mass is 244 g/mol. The molecule has 72 valence electrons. The average molecular weight is 245 g/mol. The number of carbonyl (C=O) groups is 1. The summed E-state index contributed by atoms with van der Waals surface area (Å²) in [7, 11) is 0. The molecule has 1 heterocycles. The van der Waals surface area contributed by atoms with Crippen LogP contribution >= 0.6 is 15.9 Å². The molecule has 0 radical (unpaired) electrons. The lowest BCUT2D eigenvalue weighted by molar-refractivity contribution is -0.132. The Labute approximate surface area is 86.8 Å². The predicted octanol–water partition coefficient (Wildman–Crippen LogP) is 3.29. The molecule has 0 saturated carbocycles. The van der Waals surface area contributed by atoms with Gasteiger partial charge in [-0.3, -0.25) is 0 Å². The highest BCUT2D eigenvalue weighted by atomic mass is 79.9. The van der Waals surface area contributed by atoms with Gasteiger partial charge in [0.2, 0.25) is 0 Å². The molecule has 0 aromatic rings. The van der Waals surface area contributed by atoms with E-state index in [1.54, 1.807) is 0 Å². The molecular weight excluding hydrogens is 232 g/mol. The average Bonchev–Trinajstić information content (AvgIpc) is 2.40. The third-order valence-corrected chi connectivity index (χ3v) is 2.79. The minimum absolute atomic E-state index is 0.265. The Balaban J connectivity index is 2.81. The van der Waals surface area contributed by atoms with E-state index < -0.39 is 0 Å². The maximum Gasteiger partial charge on any atom is 0.351 e. The molecule has 1 rings (SSSR count). The number of unbranched alkanes of at least 4 members (excludes halogenated alkanes) is 1. The highest BCUT2D eigenvalue weighted by Gasteiger charge is 2.26. The lowest BCUT2D eigenvalue weighted by Gasteiger charge is -2.01. The second kappa shape index (κ2) is 4.61. The number of hydrogen-bond acceptors (Lipinski definition) is 2. The Kier molecular flexibility index (Phi) is 3.72. The Morgan fingerprint density at radius 2 is 2.23 bits per heavy atom. The van der Waals surface area contributed by atoms with Crippen molar-refractivity contribution in [1.82, 2.24) is 0 Å². The molecule has 13 heavy (non-hydrogen) atoms. The van der Waals surface area contributed by atoms with Crippen molar-refractivity contribution in [2.45, 2.75) is 33.1 Å². The summed E-state index contributed by atoms with van der Waals surface area (Å²) in [6, 6.07) is 0. The summed E-state index contributed by atoms with van der Waals surface area (Å²) in [5.41, 5.74) is 1.01. The molecule has 3 heteroatoms. The van der Waals surface area contributed by atoms with Crippen LogP contribution < -0.4 is 0 Å². The van der Waals surface area contributed by atoms with Gasteiger partial charge >= 0.3 is 5.97 Å². The highest BCUT2D eigenvalue weighted by molar-refractivity contribution is 9.12. The smallest absolute Gasteiger partial charge is 0.351 e. The largest absolute Gasteiger partial charge is 0.423 e. The maximum atomic E-state index is 11.1. The second-order valence-electron chi connectivity index (χ2n) is 2.94. The zero-order valence-corrected chi connectivity index (χ0v) is 9.48. The molecule has 1 aliphatic rings. The summed E-state index contributed by atoms with van der Waals surface area (Å²) in [6.45, 7) is 4.00. The highest BCUT2D eigenvalue weighted by Crippen LogP contribution is 2.33. The van der Waals surface area contributed by atoms with Crippen LogP contribution in [-0.4, -0.2) is 5.97 Å². The van der Waals surface area contributed by atoms with E-state index in [-0.39, 0.29) is 5.97 Å². The van der Waals surface area contributed by atoms with E-state index in [1.165, 1.54) is 0 Å². The molecular formula is C10H13BrO2. The first kappa shape index (κ1) is 10.5. The van der Waals surface area contributed by atoms with Gasteiger partial charge < -0.3 is 4.74 Å². The van der Waals surface area contributed by atoms with Crippen molar-refractivity contribution in [3.05, 3.63) is 21.9 Å². The van der Waals surface area contributed by atoms with Gasteiger partial charge in [0, 0.05) is 5.57 Å². The lowest BCUT2D eigenvalue weighted by Crippen LogP contribution is -1.92. The van der Waals surface area contributed by atoms with E-state index in [0.29, 0.717) is 10.2 Å². The van der Waals surface area contributed by atoms with Gasteiger partial charge in [0.25, 0.3) is 0 Å². The zero-order valence-electron chi connectivity index (χ0n) is 7.89. The number of rotatable bonds is 3. The third-order valence-electron chi connectivity index (χ3n) is 1.99. The topological polar surface area (TPSA) is 26.3 Å². The lowest BCUT2D eigenvalue weighted by atomic mass is 10.1. The fourth-order valence-corrected chi connectivity index (χ4v) is 1.73. The van der Waals surface area contributed by atoms with E-state index in [1.807, 2.05) is 13.0 Å². The van der Waals surface area contributed by atoms with Crippen LogP contribution in [0.2, 0.25) is 0 Å². The number of esters is 1. The molecule has 0 spiro atoms. The molecule has 0 N–H and O–H groups in total.